The van der Waals surface area contributed by atoms with E-state index in [4.69, 9.17) is 9.47 Å². The highest BCUT2D eigenvalue weighted by Crippen LogP contribution is 2.62. The van der Waals surface area contributed by atoms with Gasteiger partial charge in [0.2, 0.25) is 0 Å². The summed E-state index contributed by atoms with van der Waals surface area (Å²) in [5.74, 6) is 2.31. The van der Waals surface area contributed by atoms with Crippen molar-refractivity contribution in [3.63, 3.8) is 0 Å². The van der Waals surface area contributed by atoms with Crippen molar-refractivity contribution >= 4 is 0 Å². The summed E-state index contributed by atoms with van der Waals surface area (Å²) >= 11 is 0. The zero-order valence-electron chi connectivity index (χ0n) is 12.3. The van der Waals surface area contributed by atoms with E-state index in [1.54, 1.807) is 7.11 Å². The SMILES string of the molecule is COc1ccc2c3c1OC1[C@@H](O)CCC4[C@@H](C2)NCC[C@]314. The van der Waals surface area contributed by atoms with Gasteiger partial charge in [0, 0.05) is 17.0 Å². The molecule has 2 unspecified atom stereocenters. The predicted octanol–water partition coefficient (Wildman–Crippen LogP) is 1.38. The Morgan fingerprint density at radius 3 is 3.14 bits per heavy atom. The summed E-state index contributed by atoms with van der Waals surface area (Å²) in [4.78, 5) is 0. The van der Waals surface area contributed by atoms with E-state index in [9.17, 15) is 5.11 Å². The number of aliphatic hydroxyl groups excluding tert-OH is 1. The number of hydrogen-bond donors (Lipinski definition) is 2. The Hall–Kier alpha value is -1.26. The third-order valence-corrected chi connectivity index (χ3v) is 6.30. The summed E-state index contributed by atoms with van der Waals surface area (Å²) < 4.78 is 11.8. The highest BCUT2D eigenvalue weighted by atomic mass is 16.5. The lowest BCUT2D eigenvalue weighted by Gasteiger charge is -2.56. The van der Waals surface area contributed by atoms with E-state index < -0.39 is 0 Å². The molecular formula is C17H21NO3. The maximum Gasteiger partial charge on any atom is 0.165 e. The van der Waals surface area contributed by atoms with Crippen molar-refractivity contribution in [1.82, 2.24) is 5.32 Å². The predicted molar refractivity (Wildman–Crippen MR) is 77.9 cm³/mol. The molecule has 1 saturated heterocycles. The maximum absolute atomic E-state index is 10.6. The molecule has 4 heteroatoms. The van der Waals surface area contributed by atoms with Gasteiger partial charge in [0.05, 0.1) is 13.2 Å². The molecule has 2 aliphatic heterocycles. The highest BCUT2D eigenvalue weighted by Gasteiger charge is 2.64. The normalized spacial score (nSPS) is 42.2. The molecule has 2 bridgehead atoms. The Kier molecular flexibility index (Phi) is 2.30. The molecule has 2 N–H and O–H groups in total. The average molecular weight is 287 g/mol. The summed E-state index contributed by atoms with van der Waals surface area (Å²) in [6.45, 7) is 1.02. The van der Waals surface area contributed by atoms with Crippen molar-refractivity contribution in [1.29, 1.82) is 0 Å². The van der Waals surface area contributed by atoms with Gasteiger partial charge >= 0.3 is 0 Å². The minimum absolute atomic E-state index is 0.00500. The number of aliphatic hydroxyl groups is 1. The van der Waals surface area contributed by atoms with Crippen LogP contribution < -0.4 is 14.8 Å². The fourth-order valence-electron chi connectivity index (χ4n) is 5.59. The second-order valence-electron chi connectivity index (χ2n) is 6.98. The molecule has 0 radical (unpaired) electrons. The molecular weight excluding hydrogens is 266 g/mol. The zero-order chi connectivity index (χ0) is 14.2. The number of nitrogens with one attached hydrogen (secondary N) is 1. The van der Waals surface area contributed by atoms with Crippen LogP contribution in [0.1, 0.15) is 30.4 Å². The molecule has 112 valence electrons. The smallest absolute Gasteiger partial charge is 0.165 e. The number of methoxy groups -OCH3 is 1. The lowest BCUT2D eigenvalue weighted by Crippen LogP contribution is -2.66. The molecule has 4 nitrogen and oxygen atoms in total. The molecule has 1 aromatic carbocycles. The van der Waals surface area contributed by atoms with Crippen LogP contribution in [0.4, 0.5) is 0 Å². The Morgan fingerprint density at radius 2 is 2.29 bits per heavy atom. The first kappa shape index (κ1) is 12.3. The monoisotopic (exact) mass is 287 g/mol. The van der Waals surface area contributed by atoms with Crippen LogP contribution in [0.2, 0.25) is 0 Å². The molecule has 21 heavy (non-hydrogen) atoms. The van der Waals surface area contributed by atoms with Crippen LogP contribution in [0.15, 0.2) is 12.1 Å². The van der Waals surface area contributed by atoms with Crippen molar-refractivity contribution in [2.45, 2.75) is 49.3 Å². The summed E-state index contributed by atoms with van der Waals surface area (Å²) in [6, 6.07) is 4.75. The second kappa shape index (κ2) is 3.93. The lowest BCUT2D eigenvalue weighted by atomic mass is 9.52. The van der Waals surface area contributed by atoms with E-state index in [-0.39, 0.29) is 17.6 Å². The molecule has 4 aliphatic rings. The first-order valence-electron chi connectivity index (χ1n) is 8.04. The van der Waals surface area contributed by atoms with E-state index >= 15 is 0 Å². The number of hydrogen-bond acceptors (Lipinski definition) is 4. The van der Waals surface area contributed by atoms with Gasteiger partial charge in [-0.1, -0.05) is 6.07 Å². The molecule has 5 atom stereocenters. The van der Waals surface area contributed by atoms with E-state index in [0.29, 0.717) is 12.0 Å². The fourth-order valence-corrected chi connectivity index (χ4v) is 5.59. The molecule has 0 aromatic heterocycles. The minimum atomic E-state index is -0.358. The van der Waals surface area contributed by atoms with Gasteiger partial charge in [0.25, 0.3) is 0 Å². The summed E-state index contributed by atoms with van der Waals surface area (Å²) in [5.41, 5.74) is 2.74. The van der Waals surface area contributed by atoms with E-state index in [1.807, 2.05) is 6.07 Å². The van der Waals surface area contributed by atoms with Crippen LogP contribution in [0, 0.1) is 5.92 Å². The molecule has 1 spiro atoms. The van der Waals surface area contributed by atoms with Crippen molar-refractivity contribution in [2.75, 3.05) is 13.7 Å². The maximum atomic E-state index is 10.6. The number of piperidine rings is 1. The van der Waals surface area contributed by atoms with Gasteiger partial charge in [-0.2, -0.15) is 0 Å². The van der Waals surface area contributed by atoms with Gasteiger partial charge in [0.15, 0.2) is 11.5 Å². The quantitative estimate of drug-likeness (QED) is 0.819. The first-order valence-corrected chi connectivity index (χ1v) is 8.04. The van der Waals surface area contributed by atoms with Crippen molar-refractivity contribution < 1.29 is 14.6 Å². The summed E-state index contributed by atoms with van der Waals surface area (Å²) in [7, 11) is 1.70. The Labute approximate surface area is 124 Å². The van der Waals surface area contributed by atoms with Gasteiger partial charge in [-0.3, -0.25) is 0 Å². The Balaban J connectivity index is 1.81. The third-order valence-electron chi connectivity index (χ3n) is 6.30. The first-order chi connectivity index (χ1) is 10.3. The van der Waals surface area contributed by atoms with Gasteiger partial charge in [-0.25, -0.2) is 0 Å². The number of ether oxygens (including phenoxy) is 2. The summed E-state index contributed by atoms with van der Waals surface area (Å²) in [5, 5.41) is 14.3. The number of benzene rings is 1. The fraction of sp³-hybridized carbons (Fsp3) is 0.647. The largest absolute Gasteiger partial charge is 0.493 e. The van der Waals surface area contributed by atoms with E-state index in [1.165, 1.54) is 11.1 Å². The van der Waals surface area contributed by atoms with Gasteiger partial charge < -0.3 is 19.9 Å². The van der Waals surface area contributed by atoms with Gasteiger partial charge in [-0.15, -0.1) is 0 Å². The van der Waals surface area contributed by atoms with Crippen LogP contribution in [-0.4, -0.2) is 37.0 Å². The Bertz CT molecular complexity index is 616. The molecule has 2 aliphatic carbocycles. The highest BCUT2D eigenvalue weighted by molar-refractivity contribution is 5.61. The van der Waals surface area contributed by atoms with Crippen molar-refractivity contribution in [3.05, 3.63) is 23.3 Å². The van der Waals surface area contributed by atoms with Crippen LogP contribution in [-0.2, 0) is 11.8 Å². The minimum Gasteiger partial charge on any atom is -0.493 e. The van der Waals surface area contributed by atoms with Crippen LogP contribution in [0.25, 0.3) is 0 Å². The van der Waals surface area contributed by atoms with E-state index in [2.05, 4.69) is 11.4 Å². The topological polar surface area (TPSA) is 50.7 Å². The van der Waals surface area contributed by atoms with Crippen LogP contribution >= 0.6 is 0 Å². The zero-order valence-corrected chi connectivity index (χ0v) is 12.3. The molecule has 1 saturated carbocycles. The molecule has 0 amide bonds. The van der Waals surface area contributed by atoms with Crippen molar-refractivity contribution in [2.24, 2.45) is 5.92 Å². The van der Waals surface area contributed by atoms with Crippen molar-refractivity contribution in [3.8, 4) is 11.5 Å². The molecule has 2 heterocycles. The summed E-state index contributed by atoms with van der Waals surface area (Å²) in [6.07, 6.45) is 3.62. The average Bonchev–Trinajstić information content (AvgIpc) is 2.83. The van der Waals surface area contributed by atoms with E-state index in [0.717, 1.165) is 43.7 Å². The van der Waals surface area contributed by atoms with Crippen LogP contribution in [0.3, 0.4) is 0 Å². The molecule has 2 fully saturated rings. The lowest BCUT2D eigenvalue weighted by molar-refractivity contribution is -0.0761. The molecule has 5 rings (SSSR count). The third kappa shape index (κ3) is 1.29. The van der Waals surface area contributed by atoms with Gasteiger partial charge in [-0.05, 0) is 49.8 Å². The van der Waals surface area contributed by atoms with Crippen LogP contribution in [0.5, 0.6) is 11.5 Å². The molecule has 1 aromatic rings. The second-order valence-corrected chi connectivity index (χ2v) is 6.98. The number of rotatable bonds is 1. The Morgan fingerprint density at radius 1 is 1.38 bits per heavy atom. The van der Waals surface area contributed by atoms with Gasteiger partial charge in [0.1, 0.15) is 6.10 Å². The standard InChI is InChI=1S/C17H21NO3/c1-20-13-5-2-9-8-11-10-3-4-12(19)16-17(10,6-7-18-11)14(9)15(13)21-16/h2,5,10-12,16,18-19H,3-4,6-8H2,1H3/t10?,11-,12+,16?,17+/m1/s1.